The van der Waals surface area contributed by atoms with Crippen LogP contribution in [0, 0.1) is 0 Å². The smallest absolute Gasteiger partial charge is 0.160 e. The molecule has 0 N–H and O–H groups in total. The summed E-state index contributed by atoms with van der Waals surface area (Å²) in [6.07, 6.45) is 1.88. The maximum atomic E-state index is 5.06. The van der Waals surface area contributed by atoms with Crippen LogP contribution in [0.4, 0.5) is 0 Å². The van der Waals surface area contributed by atoms with E-state index in [0.29, 0.717) is 5.82 Å². The Morgan fingerprint density at radius 3 is 1.50 bits per heavy atom. The van der Waals surface area contributed by atoms with Crippen LogP contribution in [-0.4, -0.2) is 24.1 Å². The predicted octanol–water partition coefficient (Wildman–Crippen LogP) is 12.7. The van der Waals surface area contributed by atoms with Crippen molar-refractivity contribution in [3.63, 3.8) is 0 Å². The van der Waals surface area contributed by atoms with E-state index in [9.17, 15) is 0 Å². The van der Waals surface area contributed by atoms with Gasteiger partial charge in [-0.05, 0) is 96.1 Å². The van der Waals surface area contributed by atoms with Gasteiger partial charge in [0.25, 0.3) is 0 Å². The average molecular weight is 716 g/mol. The number of rotatable bonds is 6. The molecule has 11 aromatic rings. The summed E-state index contributed by atoms with van der Waals surface area (Å²) in [6.45, 7) is 0. The summed E-state index contributed by atoms with van der Waals surface area (Å²) in [5.41, 5.74) is 15.0. The van der Waals surface area contributed by atoms with Crippen molar-refractivity contribution >= 4 is 43.7 Å². The summed E-state index contributed by atoms with van der Waals surface area (Å²) in [7, 11) is 0. The lowest BCUT2D eigenvalue weighted by atomic mass is 10.0. The number of hydrogen-bond donors (Lipinski definition) is 0. The van der Waals surface area contributed by atoms with Gasteiger partial charge in [-0.15, -0.1) is 0 Å². The number of fused-ring (bicyclic) bond motifs is 6. The molecule has 11 rings (SSSR count). The van der Waals surface area contributed by atoms with E-state index in [4.69, 9.17) is 15.0 Å². The molecule has 0 amide bonds. The second-order valence-electron chi connectivity index (χ2n) is 14.1. The molecule has 4 aromatic heterocycles. The van der Waals surface area contributed by atoms with E-state index >= 15 is 0 Å². The molecular weight excluding hydrogens is 683 g/mol. The second-order valence-corrected chi connectivity index (χ2v) is 14.1. The Kier molecular flexibility index (Phi) is 7.42. The van der Waals surface area contributed by atoms with Crippen LogP contribution in [0.1, 0.15) is 0 Å². The molecule has 0 aliphatic rings. The van der Waals surface area contributed by atoms with Crippen LogP contribution < -0.4 is 0 Å². The Morgan fingerprint density at radius 1 is 0.321 bits per heavy atom. The lowest BCUT2D eigenvalue weighted by Gasteiger charge is -2.11. The lowest BCUT2D eigenvalue weighted by Crippen LogP contribution is -1.97. The van der Waals surface area contributed by atoms with Gasteiger partial charge in [-0.2, -0.15) is 0 Å². The maximum Gasteiger partial charge on any atom is 0.160 e. The minimum Gasteiger partial charge on any atom is -0.309 e. The van der Waals surface area contributed by atoms with E-state index < -0.39 is 0 Å². The minimum atomic E-state index is 0.697. The molecule has 0 saturated heterocycles. The van der Waals surface area contributed by atoms with Gasteiger partial charge in [-0.3, -0.25) is 4.98 Å². The maximum absolute atomic E-state index is 5.06. The van der Waals surface area contributed by atoms with Gasteiger partial charge < -0.3 is 9.13 Å². The van der Waals surface area contributed by atoms with Gasteiger partial charge >= 0.3 is 0 Å². The molecule has 0 radical (unpaired) electrons. The SMILES string of the molecule is c1ccc(-c2cc(-c3ccccc3)nc(-c3ccc(-n4c5ccccc5c5cc(-c6ccc7c(c6)c6ncccc6n7-c6ccccc6)ccc54)cc3)n2)cc1. The molecular formula is C51H33N5. The molecule has 0 spiro atoms. The standard InChI is InChI=1S/C51H33N5/c1-4-13-34(14-5-1)44-33-45(35-15-6-2-7-16-35)54-51(53-44)36-22-26-40(27-23-36)55-46-20-11-10-19-41(46)42-31-37(24-28-47(42)55)38-25-29-48-43(32-38)50-49(21-12-30-52-50)56(48)39-17-8-3-9-18-39/h1-33H. The van der Waals surface area contributed by atoms with Crippen molar-refractivity contribution < 1.29 is 0 Å². The molecule has 0 bridgehead atoms. The first-order chi connectivity index (χ1) is 27.8. The number of nitrogens with zero attached hydrogens (tertiary/aromatic N) is 5. The van der Waals surface area contributed by atoms with Gasteiger partial charge in [0.1, 0.15) is 0 Å². The van der Waals surface area contributed by atoms with Crippen LogP contribution in [0.2, 0.25) is 0 Å². The molecule has 0 aliphatic heterocycles. The number of pyridine rings is 1. The predicted molar refractivity (Wildman–Crippen MR) is 230 cm³/mol. The molecule has 5 heteroatoms. The van der Waals surface area contributed by atoms with Gasteiger partial charge in [0.05, 0.1) is 39.0 Å². The van der Waals surface area contributed by atoms with Gasteiger partial charge in [-0.25, -0.2) is 9.97 Å². The molecule has 0 saturated carbocycles. The zero-order valence-electron chi connectivity index (χ0n) is 30.3. The molecule has 0 fully saturated rings. The first-order valence-electron chi connectivity index (χ1n) is 18.9. The van der Waals surface area contributed by atoms with Crippen molar-refractivity contribution in [1.29, 1.82) is 0 Å². The fourth-order valence-corrected chi connectivity index (χ4v) is 8.15. The summed E-state index contributed by atoms with van der Waals surface area (Å²) >= 11 is 0. The van der Waals surface area contributed by atoms with Crippen molar-refractivity contribution in [1.82, 2.24) is 24.1 Å². The topological polar surface area (TPSA) is 48.5 Å². The van der Waals surface area contributed by atoms with Gasteiger partial charge in [0.2, 0.25) is 0 Å². The normalized spacial score (nSPS) is 11.6. The zero-order valence-corrected chi connectivity index (χ0v) is 30.3. The minimum absolute atomic E-state index is 0.697. The van der Waals surface area contributed by atoms with Crippen LogP contribution in [-0.2, 0) is 0 Å². The highest BCUT2D eigenvalue weighted by Gasteiger charge is 2.17. The van der Waals surface area contributed by atoms with Crippen molar-refractivity contribution in [2.75, 3.05) is 0 Å². The van der Waals surface area contributed by atoms with Crippen molar-refractivity contribution in [2.24, 2.45) is 0 Å². The molecule has 4 heterocycles. The van der Waals surface area contributed by atoms with Crippen LogP contribution in [0.25, 0.3) is 100 Å². The summed E-state index contributed by atoms with van der Waals surface area (Å²) in [5.74, 6) is 0.697. The average Bonchev–Trinajstić information content (AvgIpc) is 3.79. The van der Waals surface area contributed by atoms with Gasteiger partial charge in [0, 0.05) is 50.4 Å². The largest absolute Gasteiger partial charge is 0.309 e. The van der Waals surface area contributed by atoms with E-state index in [1.54, 1.807) is 0 Å². The molecule has 56 heavy (non-hydrogen) atoms. The number of hydrogen-bond acceptors (Lipinski definition) is 3. The first-order valence-corrected chi connectivity index (χ1v) is 18.9. The number of aromatic nitrogens is 5. The monoisotopic (exact) mass is 715 g/mol. The van der Waals surface area contributed by atoms with Crippen molar-refractivity contribution in [3.05, 3.63) is 200 Å². The van der Waals surface area contributed by atoms with Crippen LogP contribution >= 0.6 is 0 Å². The lowest BCUT2D eigenvalue weighted by molar-refractivity contribution is 1.16. The molecule has 5 nitrogen and oxygen atoms in total. The van der Waals surface area contributed by atoms with Crippen molar-refractivity contribution in [3.8, 4) is 56.4 Å². The first kappa shape index (κ1) is 31.9. The fourth-order valence-electron chi connectivity index (χ4n) is 8.15. The van der Waals surface area contributed by atoms with E-state index in [-0.39, 0.29) is 0 Å². The third-order valence-electron chi connectivity index (χ3n) is 10.8. The molecule has 0 unspecified atom stereocenters. The third kappa shape index (κ3) is 5.29. The van der Waals surface area contributed by atoms with Crippen LogP contribution in [0.15, 0.2) is 200 Å². The van der Waals surface area contributed by atoms with E-state index in [0.717, 1.165) is 78.0 Å². The highest BCUT2D eigenvalue weighted by atomic mass is 15.0. The van der Waals surface area contributed by atoms with E-state index in [1.807, 2.05) is 48.7 Å². The van der Waals surface area contributed by atoms with Gasteiger partial charge in [0.15, 0.2) is 5.82 Å². The number of benzene rings is 7. The highest BCUT2D eigenvalue weighted by molar-refractivity contribution is 6.12. The Labute approximate surface area is 323 Å². The highest BCUT2D eigenvalue weighted by Crippen LogP contribution is 2.38. The molecule has 7 aromatic carbocycles. The Balaban J connectivity index is 1.01. The molecule has 0 atom stereocenters. The molecule has 262 valence electrons. The van der Waals surface area contributed by atoms with E-state index in [1.165, 1.54) is 16.3 Å². The summed E-state index contributed by atoms with van der Waals surface area (Å²) in [4.78, 5) is 15.0. The third-order valence-corrected chi connectivity index (χ3v) is 10.8. The van der Waals surface area contributed by atoms with Crippen molar-refractivity contribution in [2.45, 2.75) is 0 Å². The van der Waals surface area contributed by atoms with E-state index in [2.05, 4.69) is 161 Å². The van der Waals surface area contributed by atoms with Crippen LogP contribution in [0.5, 0.6) is 0 Å². The number of para-hydroxylation sites is 2. The summed E-state index contributed by atoms with van der Waals surface area (Å²) in [6, 6.07) is 68.3. The quantitative estimate of drug-likeness (QED) is 0.172. The second kappa shape index (κ2) is 13.0. The summed E-state index contributed by atoms with van der Waals surface area (Å²) in [5, 5.41) is 3.56. The van der Waals surface area contributed by atoms with Gasteiger partial charge in [-0.1, -0.05) is 109 Å². The zero-order chi connectivity index (χ0) is 37.0. The Morgan fingerprint density at radius 2 is 0.821 bits per heavy atom. The van der Waals surface area contributed by atoms with Crippen LogP contribution in [0.3, 0.4) is 0 Å². The fraction of sp³-hybridized carbons (Fsp3) is 0. The Bertz CT molecular complexity index is 3160. The summed E-state index contributed by atoms with van der Waals surface area (Å²) < 4.78 is 4.66. The Hall–Kier alpha value is -7.63. The molecule has 0 aliphatic carbocycles.